The molecule has 4 nitrogen and oxygen atoms in total. The van der Waals surface area contributed by atoms with Gasteiger partial charge in [-0.2, -0.15) is 47.9 Å². The molecule has 0 radical (unpaired) electrons. The summed E-state index contributed by atoms with van der Waals surface area (Å²) in [6.45, 7) is 0. The van der Waals surface area contributed by atoms with Gasteiger partial charge in [-0.05, 0) is 0 Å². The maximum Gasteiger partial charge on any atom is 0.437 e. The van der Waals surface area contributed by atoms with Crippen LogP contribution in [0.25, 0.3) is 0 Å². The average Bonchev–Trinajstić information content (AvgIpc) is 1.95. The van der Waals surface area contributed by atoms with E-state index in [2.05, 4.69) is 0 Å². The van der Waals surface area contributed by atoms with Gasteiger partial charge in [-0.15, -0.1) is 0 Å². The zero-order valence-corrected chi connectivity index (χ0v) is 9.30. The van der Waals surface area contributed by atoms with Crippen molar-refractivity contribution in [3.8, 4) is 0 Å². The fraction of sp³-hybridized carbons (Fsp3) is 1.00. The van der Waals surface area contributed by atoms with Crippen LogP contribution in [0.1, 0.15) is 6.42 Å². The van der Waals surface area contributed by atoms with Crippen LogP contribution in [-0.2, 0) is 10.1 Å². The van der Waals surface area contributed by atoms with Gasteiger partial charge < -0.3 is 6.15 Å². The normalized spacial score (nSPS) is 15.1. The van der Waals surface area contributed by atoms with E-state index in [1.165, 1.54) is 0 Å². The van der Waals surface area contributed by atoms with Gasteiger partial charge in [0.15, 0.2) is 0 Å². The molecule has 0 unspecified atom stereocenters. The molecule has 0 heterocycles. The maximum atomic E-state index is 12.5. The van der Waals surface area contributed by atoms with Gasteiger partial charge in [-0.1, -0.05) is 0 Å². The highest BCUT2D eigenvalue weighted by Crippen LogP contribution is 2.51. The smallest absolute Gasteiger partial charge is 0.344 e. The molecule has 0 saturated heterocycles. The van der Waals surface area contributed by atoms with E-state index < -0.39 is 39.8 Å². The predicted octanol–water partition coefficient (Wildman–Crippen LogP) is 2.85. The minimum absolute atomic E-state index is 0. The number of halogens is 9. The zero-order valence-electron chi connectivity index (χ0n) is 8.49. The van der Waals surface area contributed by atoms with E-state index in [9.17, 15) is 47.9 Å². The predicted molar refractivity (Wildman–Crippen MR) is 42.1 cm³/mol. The van der Waals surface area contributed by atoms with E-state index in [0.717, 1.165) is 0 Å². The number of hydrogen-bond acceptors (Lipinski definition) is 3. The summed E-state index contributed by atoms with van der Waals surface area (Å²) in [5.74, 6) is -13.4. The van der Waals surface area contributed by atoms with Crippen molar-refractivity contribution in [1.29, 1.82) is 0 Å². The maximum absolute atomic E-state index is 12.5. The molecule has 0 rings (SSSR count). The first-order chi connectivity index (χ1) is 7.46. The summed E-state index contributed by atoms with van der Waals surface area (Å²) in [6.07, 6.45) is -9.64. The van der Waals surface area contributed by atoms with E-state index in [-0.39, 0.29) is 6.15 Å². The quantitative estimate of drug-likeness (QED) is 0.612. The average molecular weight is 331 g/mol. The van der Waals surface area contributed by atoms with E-state index in [1.54, 1.807) is 0 Å². The molecular weight excluding hydrogens is 325 g/mol. The molecule has 0 bridgehead atoms. The van der Waals surface area contributed by atoms with Crippen molar-refractivity contribution in [1.82, 2.24) is 6.15 Å². The van der Waals surface area contributed by atoms with Gasteiger partial charge in [-0.25, -0.2) is 0 Å². The van der Waals surface area contributed by atoms with Gasteiger partial charge in [0, 0.05) is 0 Å². The van der Waals surface area contributed by atoms with Crippen molar-refractivity contribution in [3.05, 3.63) is 0 Å². The highest BCUT2D eigenvalue weighted by atomic mass is 32.2. The summed E-state index contributed by atoms with van der Waals surface area (Å²) in [4.78, 5) is 0. The third-order valence-corrected chi connectivity index (χ3v) is 2.48. The third-order valence-electron chi connectivity index (χ3n) is 1.57. The second-order valence-electron chi connectivity index (χ2n) is 3.06. The van der Waals surface area contributed by atoms with Crippen molar-refractivity contribution >= 4 is 10.1 Å². The Morgan fingerprint density at radius 3 is 1.37 bits per heavy atom. The Morgan fingerprint density at radius 1 is 0.842 bits per heavy atom. The third kappa shape index (κ3) is 3.85. The number of hydrogen-bond donors (Lipinski definition) is 2. The van der Waals surface area contributed by atoms with Crippen molar-refractivity contribution in [2.24, 2.45) is 0 Å². The largest absolute Gasteiger partial charge is 0.437 e. The van der Waals surface area contributed by atoms with E-state index >= 15 is 0 Å². The van der Waals surface area contributed by atoms with E-state index in [1.807, 2.05) is 0 Å². The van der Waals surface area contributed by atoms with Crippen LogP contribution < -0.4 is 6.15 Å². The Morgan fingerprint density at radius 2 is 1.16 bits per heavy atom. The Balaban J connectivity index is 0. The molecule has 19 heavy (non-hydrogen) atoms. The van der Waals surface area contributed by atoms with Crippen LogP contribution in [0.3, 0.4) is 0 Å². The van der Waals surface area contributed by atoms with Crippen LogP contribution in [0.4, 0.5) is 39.5 Å². The Bertz CT molecular complexity index is 414. The van der Waals surface area contributed by atoms with Crippen LogP contribution in [0.2, 0.25) is 0 Å². The van der Waals surface area contributed by atoms with Crippen LogP contribution in [0.15, 0.2) is 0 Å². The Hall–Kier alpha value is -0.760. The van der Waals surface area contributed by atoms with Crippen molar-refractivity contribution in [2.45, 2.75) is 29.7 Å². The molecule has 0 fully saturated rings. The molecule has 0 aliphatic rings. The summed E-state index contributed by atoms with van der Waals surface area (Å²) >= 11 is 0. The molecule has 0 aromatic heterocycles. The minimum atomic E-state index is -7.03. The first kappa shape index (κ1) is 20.6. The van der Waals surface area contributed by atoms with Gasteiger partial charge in [0.1, 0.15) is 6.42 Å². The van der Waals surface area contributed by atoms with Gasteiger partial charge in [0.25, 0.3) is 0 Å². The molecule has 0 atom stereocenters. The lowest BCUT2D eigenvalue weighted by Crippen LogP contribution is -2.58. The lowest BCUT2D eigenvalue weighted by Gasteiger charge is -2.31. The summed E-state index contributed by atoms with van der Waals surface area (Å²) in [7, 11) is -7.03. The summed E-state index contributed by atoms with van der Waals surface area (Å²) in [5.41, 5.74) is 0. The fourth-order valence-corrected chi connectivity index (χ4v) is 1.21. The second kappa shape index (κ2) is 4.97. The molecular formula is C5H6F9NO3S. The van der Waals surface area contributed by atoms with Crippen LogP contribution in [-0.4, -0.2) is 36.2 Å². The zero-order chi connectivity index (χ0) is 15.2. The Labute approximate surface area is 99.5 Å². The SMILES string of the molecule is N.O=S(=O)(O)C(F)(F)C(F)(F)C(F)(F)CC(F)(F)F. The van der Waals surface area contributed by atoms with Gasteiger partial charge in [0.2, 0.25) is 0 Å². The molecule has 4 N–H and O–H groups in total. The summed E-state index contributed by atoms with van der Waals surface area (Å²) in [5, 5.41) is -6.77. The van der Waals surface area contributed by atoms with Crippen LogP contribution in [0.5, 0.6) is 0 Å². The highest BCUT2D eigenvalue weighted by molar-refractivity contribution is 7.87. The first-order valence-corrected chi connectivity index (χ1v) is 5.07. The molecule has 0 amide bonds. The molecule has 0 aromatic rings. The minimum Gasteiger partial charge on any atom is -0.344 e. The number of alkyl halides is 9. The molecule has 14 heteroatoms. The molecule has 0 aromatic carbocycles. The first-order valence-electron chi connectivity index (χ1n) is 3.63. The van der Waals surface area contributed by atoms with Gasteiger partial charge in [-0.3, -0.25) is 4.55 Å². The fourth-order valence-electron chi connectivity index (χ4n) is 0.738. The molecule has 0 saturated carbocycles. The van der Waals surface area contributed by atoms with E-state index in [4.69, 9.17) is 4.55 Å². The van der Waals surface area contributed by atoms with Crippen LogP contribution >= 0.6 is 0 Å². The number of rotatable bonds is 4. The van der Waals surface area contributed by atoms with Crippen LogP contribution in [0, 0.1) is 0 Å². The second-order valence-corrected chi connectivity index (χ2v) is 4.53. The van der Waals surface area contributed by atoms with E-state index in [0.29, 0.717) is 0 Å². The van der Waals surface area contributed by atoms with Gasteiger partial charge >= 0.3 is 33.4 Å². The molecule has 0 aliphatic heterocycles. The monoisotopic (exact) mass is 331 g/mol. The van der Waals surface area contributed by atoms with Crippen molar-refractivity contribution < 1.29 is 52.5 Å². The molecule has 0 aliphatic carbocycles. The molecule has 118 valence electrons. The highest BCUT2D eigenvalue weighted by Gasteiger charge is 2.78. The standard InChI is InChI=1S/C5H3F9O3S.H3N/c6-2(7,1-3(8,9)10)4(11,12)5(13,14)18(15,16)17;/h1H2,(H,15,16,17);1H3. The lowest BCUT2D eigenvalue weighted by molar-refractivity contribution is -0.309. The van der Waals surface area contributed by atoms with Gasteiger partial charge in [0.05, 0.1) is 0 Å². The molecule has 0 spiro atoms. The Kier molecular flexibility index (Phi) is 5.38. The summed E-state index contributed by atoms with van der Waals surface area (Å²) < 4.78 is 136. The lowest BCUT2D eigenvalue weighted by atomic mass is 10.1. The summed E-state index contributed by atoms with van der Waals surface area (Å²) in [6, 6.07) is 0. The van der Waals surface area contributed by atoms with Crippen molar-refractivity contribution in [3.63, 3.8) is 0 Å². The van der Waals surface area contributed by atoms with Crippen molar-refractivity contribution in [2.75, 3.05) is 0 Å². The topological polar surface area (TPSA) is 89.4 Å².